The number of carbonyl (C=O) groups excluding carboxylic acids is 1. The van der Waals surface area contributed by atoms with Crippen LogP contribution in [-0.2, 0) is 0 Å². The third kappa shape index (κ3) is 3.17. The Hall–Kier alpha value is -1.14. The molecule has 2 rings (SSSR count). The molecule has 1 amide bonds. The summed E-state index contributed by atoms with van der Waals surface area (Å²) in [7, 11) is 0. The van der Waals surface area contributed by atoms with Crippen LogP contribution in [0.25, 0.3) is 0 Å². The Labute approximate surface area is 107 Å². The van der Waals surface area contributed by atoms with E-state index in [1.807, 2.05) is 0 Å². The molecule has 92 valence electrons. The molecule has 1 aliphatic rings. The van der Waals surface area contributed by atoms with Crippen LogP contribution in [0, 0.1) is 0 Å². The molecule has 1 aromatic rings. The highest BCUT2D eigenvalue weighted by atomic mass is 79.9. The maximum atomic E-state index is 11.8. The highest BCUT2D eigenvalue weighted by Crippen LogP contribution is 2.06. The van der Waals surface area contributed by atoms with Crippen molar-refractivity contribution in [1.29, 1.82) is 0 Å². The van der Waals surface area contributed by atoms with E-state index in [1.54, 1.807) is 0 Å². The predicted octanol–water partition coefficient (Wildman–Crippen LogP) is 0.619. The first-order chi connectivity index (χ1) is 8.16. The van der Waals surface area contributed by atoms with E-state index in [0.29, 0.717) is 22.6 Å². The molecule has 1 saturated heterocycles. The van der Waals surface area contributed by atoms with Crippen molar-refractivity contribution in [2.75, 3.05) is 13.1 Å². The monoisotopic (exact) mass is 299 g/mol. The summed E-state index contributed by atoms with van der Waals surface area (Å²) in [5.41, 5.74) is 0.216. The predicted molar refractivity (Wildman–Crippen MR) is 68.1 cm³/mol. The lowest BCUT2D eigenvalue weighted by molar-refractivity contribution is 0.0950. The standard InChI is InChI=1S/C11H14BrN3O2/c12-9-4-7(5-14-11(9)17)10(16)15-6-8-2-1-3-13-8/h4-5,8,13H,1-3,6H2,(H,14,17)(H,15,16). The average molecular weight is 300 g/mol. The summed E-state index contributed by atoms with van der Waals surface area (Å²) in [6.07, 6.45) is 3.67. The van der Waals surface area contributed by atoms with Crippen LogP contribution < -0.4 is 16.2 Å². The Morgan fingerprint density at radius 3 is 3.06 bits per heavy atom. The summed E-state index contributed by atoms with van der Waals surface area (Å²) in [6.45, 7) is 1.64. The minimum absolute atomic E-state index is 0.171. The average Bonchev–Trinajstić information content (AvgIpc) is 2.82. The van der Waals surface area contributed by atoms with Gasteiger partial charge in [-0.3, -0.25) is 9.59 Å². The number of nitrogens with one attached hydrogen (secondary N) is 3. The fourth-order valence-corrected chi connectivity index (χ4v) is 2.20. The molecule has 0 saturated carbocycles. The van der Waals surface area contributed by atoms with Crippen molar-refractivity contribution in [2.24, 2.45) is 0 Å². The molecule has 5 nitrogen and oxygen atoms in total. The summed E-state index contributed by atoms with van der Waals surface area (Å²) < 4.78 is 0.365. The Bertz CT molecular complexity index is 466. The van der Waals surface area contributed by atoms with Gasteiger partial charge in [0.1, 0.15) is 0 Å². The maximum absolute atomic E-state index is 11.8. The van der Waals surface area contributed by atoms with Crippen molar-refractivity contribution < 1.29 is 4.79 Å². The molecule has 1 atom stereocenters. The van der Waals surface area contributed by atoms with E-state index < -0.39 is 0 Å². The van der Waals surface area contributed by atoms with Crippen LogP contribution in [0.15, 0.2) is 21.5 Å². The first-order valence-electron chi connectivity index (χ1n) is 5.56. The molecule has 0 aliphatic carbocycles. The summed E-state index contributed by atoms with van der Waals surface area (Å²) in [6, 6.07) is 1.89. The van der Waals surface area contributed by atoms with E-state index in [1.165, 1.54) is 12.3 Å². The van der Waals surface area contributed by atoms with E-state index in [9.17, 15) is 9.59 Å². The molecular weight excluding hydrogens is 286 g/mol. The summed E-state index contributed by atoms with van der Waals surface area (Å²) in [5.74, 6) is -0.171. The Morgan fingerprint density at radius 2 is 2.41 bits per heavy atom. The Kier molecular flexibility index (Phi) is 3.96. The lowest BCUT2D eigenvalue weighted by atomic mass is 10.2. The van der Waals surface area contributed by atoms with Crippen LogP contribution in [0.3, 0.4) is 0 Å². The van der Waals surface area contributed by atoms with Gasteiger partial charge >= 0.3 is 0 Å². The summed E-state index contributed by atoms with van der Waals surface area (Å²) in [5, 5.41) is 6.15. The van der Waals surface area contributed by atoms with Crippen LogP contribution in [0.4, 0.5) is 0 Å². The number of aromatic amines is 1. The van der Waals surface area contributed by atoms with Gasteiger partial charge in [0, 0.05) is 18.8 Å². The Balaban J connectivity index is 1.94. The van der Waals surface area contributed by atoms with Gasteiger partial charge in [0.2, 0.25) is 0 Å². The molecule has 6 heteroatoms. The highest BCUT2D eigenvalue weighted by Gasteiger charge is 2.15. The molecule has 2 heterocycles. The van der Waals surface area contributed by atoms with E-state index in [0.717, 1.165) is 19.4 Å². The van der Waals surface area contributed by atoms with E-state index in [4.69, 9.17) is 0 Å². The van der Waals surface area contributed by atoms with Gasteiger partial charge in [0.25, 0.3) is 11.5 Å². The van der Waals surface area contributed by atoms with Crippen LogP contribution in [-0.4, -0.2) is 30.0 Å². The third-order valence-corrected chi connectivity index (χ3v) is 3.38. The number of H-pyrrole nitrogens is 1. The van der Waals surface area contributed by atoms with Gasteiger partial charge in [0.05, 0.1) is 10.0 Å². The van der Waals surface area contributed by atoms with Crippen LogP contribution in [0.2, 0.25) is 0 Å². The van der Waals surface area contributed by atoms with Crippen molar-refractivity contribution in [1.82, 2.24) is 15.6 Å². The van der Waals surface area contributed by atoms with Gasteiger partial charge < -0.3 is 15.6 Å². The van der Waals surface area contributed by atoms with Gasteiger partial charge in [-0.05, 0) is 41.4 Å². The van der Waals surface area contributed by atoms with Crippen molar-refractivity contribution in [2.45, 2.75) is 18.9 Å². The van der Waals surface area contributed by atoms with Gasteiger partial charge in [-0.2, -0.15) is 0 Å². The first-order valence-corrected chi connectivity index (χ1v) is 6.36. The normalized spacial score (nSPS) is 19.2. The Morgan fingerprint density at radius 1 is 1.59 bits per heavy atom. The zero-order valence-electron chi connectivity index (χ0n) is 9.25. The van der Waals surface area contributed by atoms with Gasteiger partial charge in [-0.25, -0.2) is 0 Å². The molecule has 1 unspecified atom stereocenters. The minimum Gasteiger partial charge on any atom is -0.350 e. The zero-order valence-corrected chi connectivity index (χ0v) is 10.8. The largest absolute Gasteiger partial charge is 0.350 e. The number of hydrogen-bond donors (Lipinski definition) is 3. The van der Waals surface area contributed by atoms with Crippen molar-refractivity contribution in [3.63, 3.8) is 0 Å². The number of rotatable bonds is 3. The second-order valence-corrected chi connectivity index (χ2v) is 4.92. The quantitative estimate of drug-likeness (QED) is 0.766. The minimum atomic E-state index is -0.237. The van der Waals surface area contributed by atoms with Crippen molar-refractivity contribution >= 4 is 21.8 Å². The molecule has 0 spiro atoms. The lowest BCUT2D eigenvalue weighted by Crippen LogP contribution is -2.37. The topological polar surface area (TPSA) is 74.0 Å². The highest BCUT2D eigenvalue weighted by molar-refractivity contribution is 9.10. The van der Waals surface area contributed by atoms with Gasteiger partial charge in [-0.15, -0.1) is 0 Å². The van der Waals surface area contributed by atoms with Crippen molar-refractivity contribution in [3.8, 4) is 0 Å². The number of pyridine rings is 1. The second-order valence-electron chi connectivity index (χ2n) is 4.07. The fourth-order valence-electron chi connectivity index (χ4n) is 1.84. The molecule has 1 fully saturated rings. The fraction of sp³-hybridized carbons (Fsp3) is 0.455. The van der Waals surface area contributed by atoms with Gasteiger partial charge in [-0.1, -0.05) is 0 Å². The molecule has 0 aromatic carbocycles. The molecule has 1 aromatic heterocycles. The van der Waals surface area contributed by atoms with Crippen LogP contribution in [0.1, 0.15) is 23.2 Å². The summed E-state index contributed by atoms with van der Waals surface area (Å²) >= 11 is 3.10. The lowest BCUT2D eigenvalue weighted by Gasteiger charge is -2.11. The number of carbonyl (C=O) groups is 1. The smallest absolute Gasteiger partial charge is 0.262 e. The van der Waals surface area contributed by atoms with Gasteiger partial charge in [0.15, 0.2) is 0 Å². The SMILES string of the molecule is O=C(NCC1CCCN1)c1c[nH]c(=O)c(Br)c1. The molecule has 0 radical (unpaired) electrons. The summed E-state index contributed by atoms with van der Waals surface area (Å²) in [4.78, 5) is 25.4. The molecule has 0 bridgehead atoms. The number of halogens is 1. The maximum Gasteiger partial charge on any atom is 0.262 e. The number of aromatic nitrogens is 1. The zero-order chi connectivity index (χ0) is 12.3. The molecular formula is C11H14BrN3O2. The van der Waals surface area contributed by atoms with Crippen LogP contribution >= 0.6 is 15.9 Å². The van der Waals surface area contributed by atoms with Crippen LogP contribution in [0.5, 0.6) is 0 Å². The van der Waals surface area contributed by atoms with E-state index in [2.05, 4.69) is 31.5 Å². The van der Waals surface area contributed by atoms with Crippen molar-refractivity contribution in [3.05, 3.63) is 32.7 Å². The number of hydrogen-bond acceptors (Lipinski definition) is 3. The third-order valence-electron chi connectivity index (χ3n) is 2.79. The number of amides is 1. The van der Waals surface area contributed by atoms with E-state index >= 15 is 0 Å². The first kappa shape index (κ1) is 12.3. The van der Waals surface area contributed by atoms with E-state index in [-0.39, 0.29) is 11.5 Å². The molecule has 3 N–H and O–H groups in total. The molecule has 1 aliphatic heterocycles. The second kappa shape index (κ2) is 5.46. The molecule has 17 heavy (non-hydrogen) atoms.